The Hall–Kier alpha value is -4.14. The van der Waals surface area contributed by atoms with Gasteiger partial charge in [-0.2, -0.15) is 0 Å². The third kappa shape index (κ3) is 8.98. The van der Waals surface area contributed by atoms with Crippen LogP contribution in [0.4, 0.5) is 5.69 Å². The molecule has 9 heteroatoms. The summed E-state index contributed by atoms with van der Waals surface area (Å²) in [5.74, 6) is -0.837. The lowest BCUT2D eigenvalue weighted by Gasteiger charge is -2.35. The van der Waals surface area contributed by atoms with Gasteiger partial charge in [-0.3, -0.25) is 13.9 Å². The van der Waals surface area contributed by atoms with Gasteiger partial charge >= 0.3 is 0 Å². The molecule has 242 valence electrons. The average Bonchev–Trinajstić information content (AvgIpc) is 2.99. The average molecular weight is 660 g/mol. The number of amides is 2. The van der Waals surface area contributed by atoms with E-state index in [1.165, 1.54) is 29.2 Å². The van der Waals surface area contributed by atoms with Crippen molar-refractivity contribution in [1.82, 2.24) is 10.2 Å². The lowest BCUT2D eigenvalue weighted by Crippen LogP contribution is -2.56. The Labute approximate surface area is 278 Å². The van der Waals surface area contributed by atoms with Crippen LogP contribution in [0.15, 0.2) is 102 Å². The highest BCUT2D eigenvalue weighted by molar-refractivity contribution is 7.92. The zero-order chi connectivity index (χ0) is 33.6. The number of nitrogens with one attached hydrogen (secondary N) is 1. The van der Waals surface area contributed by atoms with E-state index in [-0.39, 0.29) is 23.8 Å². The van der Waals surface area contributed by atoms with Crippen LogP contribution >= 0.6 is 11.6 Å². The van der Waals surface area contributed by atoms with E-state index < -0.39 is 34.1 Å². The van der Waals surface area contributed by atoms with E-state index in [9.17, 15) is 18.0 Å². The van der Waals surface area contributed by atoms with Gasteiger partial charge in [0.1, 0.15) is 12.6 Å². The van der Waals surface area contributed by atoms with Gasteiger partial charge in [0.25, 0.3) is 10.0 Å². The fourth-order valence-corrected chi connectivity index (χ4v) is 6.57. The Bertz CT molecular complexity index is 1770. The summed E-state index contributed by atoms with van der Waals surface area (Å²) in [5.41, 5.74) is 4.40. The molecule has 1 N–H and O–H groups in total. The molecule has 0 spiro atoms. The van der Waals surface area contributed by atoms with Crippen molar-refractivity contribution in [3.8, 4) is 0 Å². The summed E-state index contributed by atoms with van der Waals surface area (Å²) in [6.45, 7) is 11.1. The van der Waals surface area contributed by atoms with Gasteiger partial charge in [0.05, 0.1) is 10.6 Å². The molecular formula is C37H42ClN3O4S. The van der Waals surface area contributed by atoms with Crippen molar-refractivity contribution in [1.29, 1.82) is 0 Å². The van der Waals surface area contributed by atoms with Gasteiger partial charge in [-0.1, -0.05) is 77.8 Å². The van der Waals surface area contributed by atoms with Crippen LogP contribution in [-0.2, 0) is 32.6 Å². The molecule has 4 aromatic rings. The predicted octanol–water partition coefficient (Wildman–Crippen LogP) is 7.02. The zero-order valence-electron chi connectivity index (χ0n) is 27.2. The van der Waals surface area contributed by atoms with Gasteiger partial charge < -0.3 is 10.2 Å². The minimum atomic E-state index is -4.21. The largest absolute Gasteiger partial charge is 0.350 e. The van der Waals surface area contributed by atoms with Crippen molar-refractivity contribution < 1.29 is 18.0 Å². The molecule has 0 heterocycles. The van der Waals surface area contributed by atoms with Crippen LogP contribution in [0.3, 0.4) is 0 Å². The highest BCUT2D eigenvalue weighted by Gasteiger charge is 2.35. The number of aryl methyl sites for hydroxylation is 3. The fraction of sp³-hybridized carbons (Fsp3) is 0.297. The molecule has 4 aromatic carbocycles. The Kier molecular flexibility index (Phi) is 11.0. The smallest absolute Gasteiger partial charge is 0.264 e. The lowest BCUT2D eigenvalue weighted by atomic mass is 10.0. The van der Waals surface area contributed by atoms with E-state index in [1.54, 1.807) is 12.1 Å². The molecule has 0 aliphatic rings. The summed E-state index contributed by atoms with van der Waals surface area (Å²) in [4.78, 5) is 30.1. The third-order valence-corrected chi connectivity index (χ3v) is 9.74. The minimum absolute atomic E-state index is 0.000626. The summed E-state index contributed by atoms with van der Waals surface area (Å²) in [7, 11) is -4.21. The molecule has 0 aliphatic carbocycles. The maximum absolute atomic E-state index is 14.6. The summed E-state index contributed by atoms with van der Waals surface area (Å²) >= 11 is 6.08. The Morgan fingerprint density at radius 2 is 1.43 bits per heavy atom. The normalized spacial score (nSPS) is 12.3. The van der Waals surface area contributed by atoms with Crippen molar-refractivity contribution in [2.24, 2.45) is 0 Å². The number of hydrogen-bond donors (Lipinski definition) is 1. The van der Waals surface area contributed by atoms with Gasteiger partial charge in [-0.15, -0.1) is 0 Å². The molecule has 1 atom stereocenters. The van der Waals surface area contributed by atoms with Gasteiger partial charge in [0, 0.05) is 23.5 Å². The second kappa shape index (κ2) is 14.5. The maximum Gasteiger partial charge on any atom is 0.264 e. The van der Waals surface area contributed by atoms with Crippen LogP contribution in [0, 0.1) is 20.8 Å². The minimum Gasteiger partial charge on any atom is -0.350 e. The molecule has 0 radical (unpaired) electrons. The van der Waals surface area contributed by atoms with E-state index in [0.717, 1.165) is 32.1 Å². The first-order valence-corrected chi connectivity index (χ1v) is 17.0. The predicted molar refractivity (Wildman–Crippen MR) is 185 cm³/mol. The first-order chi connectivity index (χ1) is 21.6. The van der Waals surface area contributed by atoms with Crippen molar-refractivity contribution in [2.75, 3.05) is 10.8 Å². The number of rotatable bonds is 11. The maximum atomic E-state index is 14.6. The van der Waals surface area contributed by atoms with Crippen molar-refractivity contribution in [3.05, 3.63) is 130 Å². The number of benzene rings is 4. The molecule has 0 unspecified atom stereocenters. The van der Waals surface area contributed by atoms with E-state index in [2.05, 4.69) is 5.32 Å². The van der Waals surface area contributed by atoms with Crippen LogP contribution in [-0.4, -0.2) is 43.3 Å². The quantitative estimate of drug-likeness (QED) is 0.188. The van der Waals surface area contributed by atoms with Crippen molar-refractivity contribution in [2.45, 2.75) is 71.0 Å². The lowest BCUT2D eigenvalue weighted by molar-refractivity contribution is -0.140. The second-order valence-corrected chi connectivity index (χ2v) is 15.0. The highest BCUT2D eigenvalue weighted by atomic mass is 35.5. The van der Waals surface area contributed by atoms with Crippen LogP contribution in [0.1, 0.15) is 48.6 Å². The van der Waals surface area contributed by atoms with Crippen LogP contribution in [0.25, 0.3) is 0 Å². The molecule has 0 fully saturated rings. The first-order valence-electron chi connectivity index (χ1n) is 15.2. The topological polar surface area (TPSA) is 86.8 Å². The molecule has 2 amide bonds. The molecular weight excluding hydrogens is 618 g/mol. The third-order valence-electron chi connectivity index (χ3n) is 7.70. The summed E-state index contributed by atoms with van der Waals surface area (Å²) < 4.78 is 29.5. The number of carbonyl (C=O) groups excluding carboxylic acids is 2. The van der Waals surface area contributed by atoms with Gasteiger partial charge in [0.2, 0.25) is 11.8 Å². The Morgan fingerprint density at radius 3 is 2.02 bits per heavy atom. The van der Waals surface area contributed by atoms with E-state index in [4.69, 9.17) is 11.6 Å². The van der Waals surface area contributed by atoms with Crippen LogP contribution in [0.2, 0.25) is 5.02 Å². The van der Waals surface area contributed by atoms with E-state index in [0.29, 0.717) is 10.7 Å². The van der Waals surface area contributed by atoms with E-state index >= 15 is 0 Å². The fourth-order valence-electron chi connectivity index (χ4n) is 5.04. The number of sulfonamides is 1. The highest BCUT2D eigenvalue weighted by Crippen LogP contribution is 2.28. The van der Waals surface area contributed by atoms with E-state index in [1.807, 2.05) is 102 Å². The zero-order valence-corrected chi connectivity index (χ0v) is 28.8. The van der Waals surface area contributed by atoms with Crippen molar-refractivity contribution in [3.63, 3.8) is 0 Å². The monoisotopic (exact) mass is 659 g/mol. The standard InChI is InChI=1S/C37H42ClN3O4S/c1-26-12-15-30(16-13-26)24-40(34(36(43)39-37(4,5)6)23-29-10-8-7-9-11-29)35(42)25-41(32-19-14-27(2)28(3)22-32)46(44,45)33-20-17-31(38)18-21-33/h7-22,34H,23-25H2,1-6H3,(H,39,43)/t34-/m1/s1. The second-order valence-electron chi connectivity index (χ2n) is 12.7. The molecule has 7 nitrogen and oxygen atoms in total. The summed E-state index contributed by atoms with van der Waals surface area (Å²) in [6, 6.07) is 27.5. The number of halogens is 1. The molecule has 0 saturated carbocycles. The van der Waals surface area contributed by atoms with Gasteiger partial charge in [-0.05, 0) is 100 Å². The molecule has 0 bridgehead atoms. The number of nitrogens with zero attached hydrogens (tertiary/aromatic N) is 2. The first kappa shape index (κ1) is 34.7. The summed E-state index contributed by atoms with van der Waals surface area (Å²) in [5, 5.41) is 3.45. The summed E-state index contributed by atoms with van der Waals surface area (Å²) in [6.07, 6.45) is 0.244. The number of carbonyl (C=O) groups is 2. The Morgan fingerprint density at radius 1 is 0.804 bits per heavy atom. The molecule has 0 saturated heterocycles. The van der Waals surface area contributed by atoms with Gasteiger partial charge in [0.15, 0.2) is 0 Å². The van der Waals surface area contributed by atoms with Crippen molar-refractivity contribution >= 4 is 39.1 Å². The van der Waals surface area contributed by atoms with Crippen LogP contribution < -0.4 is 9.62 Å². The number of anilines is 1. The molecule has 46 heavy (non-hydrogen) atoms. The molecule has 0 aromatic heterocycles. The molecule has 4 rings (SSSR count). The Balaban J connectivity index is 1.83. The van der Waals surface area contributed by atoms with Crippen LogP contribution in [0.5, 0.6) is 0 Å². The SMILES string of the molecule is Cc1ccc(CN(C(=O)CN(c2ccc(C)c(C)c2)S(=O)(=O)c2ccc(Cl)cc2)[C@H](Cc2ccccc2)C(=O)NC(C)(C)C)cc1. The number of hydrogen-bond acceptors (Lipinski definition) is 4. The van der Waals surface area contributed by atoms with Gasteiger partial charge in [-0.25, -0.2) is 8.42 Å². The molecule has 0 aliphatic heterocycles.